The van der Waals surface area contributed by atoms with Crippen LogP contribution in [0, 0.1) is 23.7 Å². The van der Waals surface area contributed by atoms with Crippen molar-refractivity contribution in [2.45, 2.75) is 111 Å². The van der Waals surface area contributed by atoms with E-state index >= 15 is 0 Å². The average Bonchev–Trinajstić information content (AvgIpc) is 2.69. The summed E-state index contributed by atoms with van der Waals surface area (Å²) in [5.41, 5.74) is 0. The Morgan fingerprint density at radius 1 is 0.846 bits per heavy atom. The summed E-state index contributed by atoms with van der Waals surface area (Å²) in [6.45, 7) is 18.0. The van der Waals surface area contributed by atoms with Gasteiger partial charge >= 0.3 is 0 Å². The molecular weight excluding hydrogens is 320 g/mol. The molecule has 26 heavy (non-hydrogen) atoms. The number of ether oxygens (including phenoxy) is 1. The van der Waals surface area contributed by atoms with Gasteiger partial charge in [-0.15, -0.1) is 13.2 Å². The van der Waals surface area contributed by atoms with Gasteiger partial charge in [0.2, 0.25) is 0 Å². The quantitative estimate of drug-likeness (QED) is 0.489. The van der Waals surface area contributed by atoms with Crippen molar-refractivity contribution in [1.29, 1.82) is 0 Å². The van der Waals surface area contributed by atoms with E-state index in [1.807, 2.05) is 13.8 Å². The lowest BCUT2D eigenvalue weighted by molar-refractivity contribution is -0.0473. The Kier molecular flexibility index (Phi) is 15.5. The van der Waals surface area contributed by atoms with E-state index < -0.39 is 0 Å². The highest BCUT2D eigenvalue weighted by molar-refractivity contribution is 4.81. The van der Waals surface area contributed by atoms with Gasteiger partial charge in [0, 0.05) is 0 Å². The van der Waals surface area contributed by atoms with Gasteiger partial charge < -0.3 is 9.84 Å². The van der Waals surface area contributed by atoms with E-state index in [1.165, 1.54) is 51.4 Å². The Hall–Kier alpha value is -0.340. The maximum atomic E-state index is 9.64. The molecule has 156 valence electrons. The molecule has 1 aliphatic heterocycles. The molecule has 0 aromatic carbocycles. The summed E-state index contributed by atoms with van der Waals surface area (Å²) in [6.07, 6.45) is 12.9. The summed E-state index contributed by atoms with van der Waals surface area (Å²) >= 11 is 0. The Morgan fingerprint density at radius 3 is 1.92 bits per heavy atom. The fourth-order valence-electron chi connectivity index (χ4n) is 4.23. The van der Waals surface area contributed by atoms with Gasteiger partial charge in [-0.25, -0.2) is 0 Å². The van der Waals surface area contributed by atoms with Crippen LogP contribution in [0.4, 0.5) is 0 Å². The third-order valence-electron chi connectivity index (χ3n) is 6.03. The van der Waals surface area contributed by atoms with E-state index in [-0.39, 0.29) is 6.10 Å². The number of rotatable bonds is 7. The summed E-state index contributed by atoms with van der Waals surface area (Å²) in [5.74, 6) is 3.27. The first-order valence-corrected chi connectivity index (χ1v) is 11.3. The molecule has 1 saturated carbocycles. The predicted molar refractivity (Wildman–Crippen MR) is 116 cm³/mol. The van der Waals surface area contributed by atoms with E-state index in [0.29, 0.717) is 6.10 Å². The maximum Gasteiger partial charge on any atom is 0.0575 e. The summed E-state index contributed by atoms with van der Waals surface area (Å²) in [4.78, 5) is 0. The monoisotopic (exact) mass is 368 g/mol. The Bertz CT molecular complexity index is 299. The molecule has 3 atom stereocenters. The second kappa shape index (κ2) is 15.7. The highest BCUT2D eigenvalue weighted by Gasteiger charge is 2.30. The van der Waals surface area contributed by atoms with Gasteiger partial charge in [-0.3, -0.25) is 0 Å². The van der Waals surface area contributed by atoms with Gasteiger partial charge in [0.1, 0.15) is 0 Å². The van der Waals surface area contributed by atoms with Crippen LogP contribution in [0.2, 0.25) is 0 Å². The molecule has 0 radical (unpaired) electrons. The first-order valence-electron chi connectivity index (χ1n) is 11.3. The normalized spacial score (nSPS) is 29.8. The van der Waals surface area contributed by atoms with Crippen LogP contribution in [0.1, 0.15) is 98.8 Å². The first-order chi connectivity index (χ1) is 12.5. The smallest absolute Gasteiger partial charge is 0.0575 e. The molecule has 2 fully saturated rings. The van der Waals surface area contributed by atoms with Gasteiger partial charge in [-0.1, -0.05) is 47.5 Å². The van der Waals surface area contributed by atoms with Crippen LogP contribution in [0.3, 0.4) is 0 Å². The zero-order chi connectivity index (χ0) is 19.9. The lowest BCUT2D eigenvalue weighted by Gasteiger charge is -2.37. The van der Waals surface area contributed by atoms with Crippen LogP contribution < -0.4 is 0 Å². The molecule has 0 spiro atoms. The number of aliphatic hydroxyl groups is 1. The van der Waals surface area contributed by atoms with Gasteiger partial charge in [-0.05, 0) is 75.0 Å². The van der Waals surface area contributed by atoms with Crippen LogP contribution in [-0.2, 0) is 4.74 Å². The fourth-order valence-corrected chi connectivity index (χ4v) is 4.23. The Labute approximate surface area is 164 Å². The van der Waals surface area contributed by atoms with Crippen molar-refractivity contribution in [3.8, 4) is 0 Å². The largest absolute Gasteiger partial charge is 0.393 e. The van der Waals surface area contributed by atoms with Crippen molar-refractivity contribution < 1.29 is 9.84 Å². The van der Waals surface area contributed by atoms with Crippen LogP contribution >= 0.6 is 0 Å². The Balaban J connectivity index is 0.00000146. The molecule has 1 heterocycles. The van der Waals surface area contributed by atoms with Crippen molar-refractivity contribution in [2.75, 3.05) is 6.61 Å². The van der Waals surface area contributed by atoms with E-state index in [4.69, 9.17) is 4.74 Å². The van der Waals surface area contributed by atoms with Crippen LogP contribution in [0.25, 0.3) is 0 Å². The second-order valence-corrected chi connectivity index (χ2v) is 8.52. The molecule has 1 saturated heterocycles. The zero-order valence-corrected chi connectivity index (χ0v) is 18.5. The minimum absolute atomic E-state index is 0.0270. The second-order valence-electron chi connectivity index (χ2n) is 8.52. The molecule has 1 N–H and O–H groups in total. The minimum Gasteiger partial charge on any atom is -0.393 e. The first kappa shape index (κ1) is 25.7. The molecule has 2 nitrogen and oxygen atoms in total. The van der Waals surface area contributed by atoms with Crippen molar-refractivity contribution in [2.24, 2.45) is 23.7 Å². The summed E-state index contributed by atoms with van der Waals surface area (Å²) < 4.78 is 6.18. The van der Waals surface area contributed by atoms with Gasteiger partial charge in [-0.2, -0.15) is 0 Å². The predicted octanol–water partition coefficient (Wildman–Crippen LogP) is 7.01. The van der Waals surface area contributed by atoms with Crippen LogP contribution in [-0.4, -0.2) is 23.9 Å². The Morgan fingerprint density at radius 2 is 1.42 bits per heavy atom. The summed E-state index contributed by atoms with van der Waals surface area (Å²) in [5, 5.41) is 9.64. The molecule has 0 aromatic heterocycles. The third kappa shape index (κ3) is 10.7. The average molecular weight is 369 g/mol. The SMILES string of the molecule is C=C.CC.CC(C)CCC(C)CCC1CCC(C2CCC(O)CC2)CO1. The van der Waals surface area contributed by atoms with E-state index in [2.05, 4.69) is 33.9 Å². The van der Waals surface area contributed by atoms with E-state index in [1.54, 1.807) is 0 Å². The molecule has 2 heteroatoms. The number of aliphatic hydroxyl groups excluding tert-OH is 1. The highest BCUT2D eigenvalue weighted by Crippen LogP contribution is 2.36. The molecule has 2 rings (SSSR count). The van der Waals surface area contributed by atoms with Crippen molar-refractivity contribution in [3.05, 3.63) is 13.2 Å². The van der Waals surface area contributed by atoms with Gasteiger partial charge in [0.15, 0.2) is 0 Å². The molecule has 0 bridgehead atoms. The van der Waals surface area contributed by atoms with Gasteiger partial charge in [0.25, 0.3) is 0 Å². The van der Waals surface area contributed by atoms with Crippen LogP contribution in [0.15, 0.2) is 13.2 Å². The number of hydrogen-bond acceptors (Lipinski definition) is 2. The summed E-state index contributed by atoms with van der Waals surface area (Å²) in [7, 11) is 0. The fraction of sp³-hybridized carbons (Fsp3) is 0.917. The molecule has 0 aromatic rings. The molecular formula is C24H48O2. The molecule has 0 amide bonds. The third-order valence-corrected chi connectivity index (χ3v) is 6.03. The van der Waals surface area contributed by atoms with Crippen molar-refractivity contribution >= 4 is 0 Å². The number of hydrogen-bond donors (Lipinski definition) is 1. The van der Waals surface area contributed by atoms with Crippen molar-refractivity contribution in [1.82, 2.24) is 0 Å². The standard InChI is InChI=1S/C20H38O2.C2H6.C2H4/c1-15(2)4-5-16(3)6-12-20-13-9-18(14-22-20)17-7-10-19(21)11-8-17;2*1-2/h15-21H,4-14H2,1-3H3;1-2H3;1-2H2. The van der Waals surface area contributed by atoms with Gasteiger partial charge in [0.05, 0.1) is 18.8 Å². The van der Waals surface area contributed by atoms with E-state index in [9.17, 15) is 5.11 Å². The minimum atomic E-state index is -0.0270. The zero-order valence-electron chi connectivity index (χ0n) is 18.5. The van der Waals surface area contributed by atoms with Crippen LogP contribution in [0.5, 0.6) is 0 Å². The lowest BCUT2D eigenvalue weighted by atomic mass is 9.76. The molecule has 1 aliphatic carbocycles. The van der Waals surface area contributed by atoms with Crippen molar-refractivity contribution in [3.63, 3.8) is 0 Å². The molecule has 2 aliphatic rings. The highest BCUT2D eigenvalue weighted by atomic mass is 16.5. The summed E-state index contributed by atoms with van der Waals surface area (Å²) in [6, 6.07) is 0. The van der Waals surface area contributed by atoms with E-state index in [0.717, 1.165) is 43.1 Å². The lowest BCUT2D eigenvalue weighted by Crippen LogP contribution is -2.33. The topological polar surface area (TPSA) is 29.5 Å². The molecule has 3 unspecified atom stereocenters. The maximum absolute atomic E-state index is 9.64.